The van der Waals surface area contributed by atoms with Gasteiger partial charge < -0.3 is 10.5 Å². The Morgan fingerprint density at radius 3 is 2.70 bits per heavy atom. The second-order valence-electron chi connectivity index (χ2n) is 5.33. The molecule has 0 spiro atoms. The molecule has 0 amide bonds. The topological polar surface area (TPSA) is 55.6 Å². The molecule has 20 heavy (non-hydrogen) atoms. The van der Waals surface area contributed by atoms with Crippen LogP contribution in [0.15, 0.2) is 18.2 Å². The number of ether oxygens (including phenoxy) is 1. The van der Waals surface area contributed by atoms with E-state index in [4.69, 9.17) is 10.5 Å². The summed E-state index contributed by atoms with van der Waals surface area (Å²) in [6.07, 6.45) is 4.24. The Kier molecular flexibility index (Phi) is 5.56. The molecule has 0 unspecified atom stereocenters. The highest BCUT2D eigenvalue weighted by Gasteiger charge is 2.15. The smallest absolute Gasteiger partial charge is 0.164 e. The largest absolute Gasteiger partial charge is 0.496 e. The van der Waals surface area contributed by atoms with Crippen LogP contribution >= 0.6 is 0 Å². The number of nitrogens with zero attached hydrogens (tertiary/aromatic N) is 1. The number of ketones is 1. The molecule has 1 saturated heterocycles. The van der Waals surface area contributed by atoms with Gasteiger partial charge in [0.15, 0.2) is 5.78 Å². The third kappa shape index (κ3) is 3.81. The van der Waals surface area contributed by atoms with Gasteiger partial charge in [-0.05, 0) is 50.7 Å². The predicted molar refractivity (Wildman–Crippen MR) is 80.1 cm³/mol. The Hall–Kier alpha value is -1.39. The van der Waals surface area contributed by atoms with E-state index in [1.54, 1.807) is 7.11 Å². The minimum atomic E-state index is 0.107. The van der Waals surface area contributed by atoms with Crippen molar-refractivity contribution in [3.05, 3.63) is 29.3 Å². The van der Waals surface area contributed by atoms with E-state index in [-0.39, 0.29) is 5.78 Å². The van der Waals surface area contributed by atoms with Crippen molar-refractivity contribution < 1.29 is 9.53 Å². The molecule has 1 aromatic carbocycles. The van der Waals surface area contributed by atoms with Crippen molar-refractivity contribution in [3.8, 4) is 5.75 Å². The molecule has 0 aliphatic carbocycles. The zero-order valence-corrected chi connectivity index (χ0v) is 12.2. The minimum Gasteiger partial charge on any atom is -0.496 e. The summed E-state index contributed by atoms with van der Waals surface area (Å²) < 4.78 is 5.42. The third-order valence-electron chi connectivity index (χ3n) is 3.82. The normalized spacial score (nSPS) is 16.1. The molecule has 1 aromatic rings. The van der Waals surface area contributed by atoms with Gasteiger partial charge in [0.25, 0.3) is 0 Å². The molecule has 0 saturated carbocycles. The fraction of sp³-hybridized carbons (Fsp3) is 0.562. The minimum absolute atomic E-state index is 0.107. The molecule has 4 heteroatoms. The number of piperidine rings is 1. The van der Waals surface area contributed by atoms with Crippen molar-refractivity contribution >= 4 is 5.78 Å². The van der Waals surface area contributed by atoms with E-state index in [1.165, 1.54) is 19.3 Å². The molecule has 2 rings (SSSR count). The standard InChI is InChI=1S/C16H24N2O2/c1-20-16-6-5-13(15(19)7-8-17)11-14(16)12-18-9-3-2-4-10-18/h5-6,11H,2-4,7-10,12,17H2,1H3. The summed E-state index contributed by atoms with van der Waals surface area (Å²) in [5.41, 5.74) is 7.29. The van der Waals surface area contributed by atoms with Crippen molar-refractivity contribution in [1.82, 2.24) is 4.90 Å². The van der Waals surface area contributed by atoms with Gasteiger partial charge in [0.1, 0.15) is 5.75 Å². The van der Waals surface area contributed by atoms with Gasteiger partial charge >= 0.3 is 0 Å². The molecule has 1 heterocycles. The van der Waals surface area contributed by atoms with E-state index in [1.807, 2.05) is 18.2 Å². The van der Waals surface area contributed by atoms with Crippen LogP contribution in [0.2, 0.25) is 0 Å². The van der Waals surface area contributed by atoms with E-state index in [9.17, 15) is 4.79 Å². The van der Waals surface area contributed by atoms with Crippen LogP contribution in [0.1, 0.15) is 41.6 Å². The zero-order chi connectivity index (χ0) is 14.4. The number of hydrogen-bond donors (Lipinski definition) is 1. The van der Waals surface area contributed by atoms with Gasteiger partial charge in [0.2, 0.25) is 0 Å². The lowest BCUT2D eigenvalue weighted by molar-refractivity contribution is 0.0985. The monoisotopic (exact) mass is 276 g/mol. The molecule has 1 fully saturated rings. The number of nitrogens with two attached hydrogens (primary N) is 1. The quantitative estimate of drug-likeness (QED) is 0.809. The lowest BCUT2D eigenvalue weighted by Gasteiger charge is -2.27. The van der Waals surface area contributed by atoms with Gasteiger partial charge in [-0.3, -0.25) is 9.69 Å². The number of benzene rings is 1. The molecule has 0 atom stereocenters. The Balaban J connectivity index is 2.15. The first-order chi connectivity index (χ1) is 9.74. The van der Waals surface area contributed by atoms with Crippen molar-refractivity contribution in [2.75, 3.05) is 26.7 Å². The summed E-state index contributed by atoms with van der Waals surface area (Å²) >= 11 is 0. The van der Waals surface area contributed by atoms with Crippen molar-refractivity contribution in [1.29, 1.82) is 0 Å². The highest BCUT2D eigenvalue weighted by molar-refractivity contribution is 5.96. The van der Waals surface area contributed by atoms with Gasteiger partial charge in [0, 0.05) is 24.1 Å². The number of carbonyl (C=O) groups excluding carboxylic acids is 1. The van der Waals surface area contributed by atoms with Crippen LogP contribution in [-0.4, -0.2) is 37.4 Å². The second kappa shape index (κ2) is 7.41. The van der Waals surface area contributed by atoms with Crippen LogP contribution in [0.4, 0.5) is 0 Å². The van der Waals surface area contributed by atoms with Gasteiger partial charge in [0.05, 0.1) is 7.11 Å². The average Bonchev–Trinajstić information content (AvgIpc) is 2.48. The van der Waals surface area contributed by atoms with Crippen molar-refractivity contribution in [3.63, 3.8) is 0 Å². The summed E-state index contributed by atoms with van der Waals surface area (Å²) in [6.45, 7) is 3.51. The van der Waals surface area contributed by atoms with Crippen LogP contribution in [-0.2, 0) is 6.54 Å². The van der Waals surface area contributed by atoms with E-state index < -0.39 is 0 Å². The average molecular weight is 276 g/mol. The third-order valence-corrected chi connectivity index (χ3v) is 3.82. The molecular weight excluding hydrogens is 252 g/mol. The maximum atomic E-state index is 12.0. The van der Waals surface area contributed by atoms with Crippen LogP contribution < -0.4 is 10.5 Å². The highest BCUT2D eigenvalue weighted by Crippen LogP contribution is 2.23. The second-order valence-corrected chi connectivity index (χ2v) is 5.33. The van der Waals surface area contributed by atoms with Gasteiger partial charge in [-0.2, -0.15) is 0 Å². The molecule has 0 bridgehead atoms. The van der Waals surface area contributed by atoms with Crippen LogP contribution in [0, 0.1) is 0 Å². The molecule has 110 valence electrons. The van der Waals surface area contributed by atoms with Gasteiger partial charge in [-0.1, -0.05) is 6.42 Å². The predicted octanol–water partition coefficient (Wildman–Crippen LogP) is 2.21. The maximum Gasteiger partial charge on any atom is 0.164 e. The fourth-order valence-electron chi connectivity index (χ4n) is 2.71. The van der Waals surface area contributed by atoms with Crippen molar-refractivity contribution in [2.24, 2.45) is 5.73 Å². The Morgan fingerprint density at radius 1 is 1.30 bits per heavy atom. The van der Waals surface area contributed by atoms with E-state index >= 15 is 0 Å². The lowest BCUT2D eigenvalue weighted by atomic mass is 10.0. The molecule has 1 aliphatic rings. The Morgan fingerprint density at radius 2 is 2.05 bits per heavy atom. The maximum absolute atomic E-state index is 12.0. The number of likely N-dealkylation sites (tertiary alicyclic amines) is 1. The fourth-order valence-corrected chi connectivity index (χ4v) is 2.71. The molecule has 0 aromatic heterocycles. The molecular formula is C16H24N2O2. The number of carbonyl (C=O) groups is 1. The first-order valence-electron chi connectivity index (χ1n) is 7.37. The first kappa shape index (κ1) is 15.0. The van der Waals surface area contributed by atoms with Crippen LogP contribution in [0.5, 0.6) is 5.75 Å². The van der Waals surface area contributed by atoms with Gasteiger partial charge in [-0.25, -0.2) is 0 Å². The van der Waals surface area contributed by atoms with E-state index in [2.05, 4.69) is 4.90 Å². The van der Waals surface area contributed by atoms with Crippen LogP contribution in [0.25, 0.3) is 0 Å². The number of rotatable bonds is 6. The number of hydrogen-bond acceptors (Lipinski definition) is 4. The van der Waals surface area contributed by atoms with E-state index in [0.29, 0.717) is 13.0 Å². The molecule has 4 nitrogen and oxygen atoms in total. The summed E-state index contributed by atoms with van der Waals surface area (Å²) in [5, 5.41) is 0. The Labute approximate surface area is 120 Å². The Bertz CT molecular complexity index is 454. The summed E-state index contributed by atoms with van der Waals surface area (Å²) in [5.74, 6) is 0.968. The van der Waals surface area contributed by atoms with Gasteiger partial charge in [-0.15, -0.1) is 0 Å². The molecule has 1 aliphatic heterocycles. The zero-order valence-electron chi connectivity index (χ0n) is 12.2. The first-order valence-corrected chi connectivity index (χ1v) is 7.37. The SMILES string of the molecule is COc1ccc(C(=O)CCN)cc1CN1CCCCC1. The molecule has 0 radical (unpaired) electrons. The molecule has 2 N–H and O–H groups in total. The lowest BCUT2D eigenvalue weighted by Crippen LogP contribution is -2.29. The number of methoxy groups -OCH3 is 1. The van der Waals surface area contributed by atoms with Crippen molar-refractivity contribution in [2.45, 2.75) is 32.2 Å². The number of Topliss-reactive ketones (excluding diaryl/α,β-unsaturated/α-hetero) is 1. The van der Waals surface area contributed by atoms with Crippen LogP contribution in [0.3, 0.4) is 0 Å². The summed E-state index contributed by atoms with van der Waals surface area (Å²) in [4.78, 5) is 14.4. The van der Waals surface area contributed by atoms with E-state index in [0.717, 1.165) is 36.5 Å². The highest BCUT2D eigenvalue weighted by atomic mass is 16.5. The summed E-state index contributed by atoms with van der Waals surface area (Å²) in [7, 11) is 1.68. The summed E-state index contributed by atoms with van der Waals surface area (Å²) in [6, 6.07) is 5.69.